The number of benzene rings is 2. The van der Waals surface area contributed by atoms with Crippen molar-refractivity contribution in [1.29, 1.82) is 0 Å². The van der Waals surface area contributed by atoms with Crippen LogP contribution in [0.1, 0.15) is 23.1 Å². The van der Waals surface area contributed by atoms with Crippen LogP contribution >= 0.6 is 0 Å². The number of nitrogens with one attached hydrogen (secondary N) is 1. The lowest BCUT2D eigenvalue weighted by Crippen LogP contribution is -2.16. The number of rotatable bonds is 3. The molecule has 2 nitrogen and oxygen atoms in total. The van der Waals surface area contributed by atoms with Crippen LogP contribution in [0.5, 0.6) is 5.75 Å². The summed E-state index contributed by atoms with van der Waals surface area (Å²) in [4.78, 5) is 0. The fraction of sp³-hybridized carbons (Fsp3) is 0.333. The lowest BCUT2D eigenvalue weighted by Gasteiger charge is -2.11. The van der Waals surface area contributed by atoms with Crippen LogP contribution < -0.4 is 10.1 Å². The van der Waals surface area contributed by atoms with Crippen molar-refractivity contribution in [3.05, 3.63) is 59.2 Å². The number of hydrogen-bond donors (Lipinski definition) is 1. The molecule has 2 aliphatic rings. The molecular formula is C18H19NO. The van der Waals surface area contributed by atoms with E-state index in [2.05, 4.69) is 47.8 Å². The summed E-state index contributed by atoms with van der Waals surface area (Å²) in [6.07, 6.45) is 4.55. The SMILES string of the molecule is c1ccc2c(c1)CC(CCc1ccc3c(c1)CCO3)N2. The number of hydrogen-bond acceptors (Lipinski definition) is 2. The highest BCUT2D eigenvalue weighted by Gasteiger charge is 2.19. The molecule has 2 heterocycles. The number of anilines is 1. The maximum absolute atomic E-state index is 5.56. The van der Waals surface area contributed by atoms with Crippen molar-refractivity contribution in [3.8, 4) is 5.75 Å². The van der Waals surface area contributed by atoms with E-state index in [0.717, 1.165) is 31.6 Å². The molecule has 2 aromatic carbocycles. The zero-order valence-corrected chi connectivity index (χ0v) is 11.6. The minimum atomic E-state index is 0.580. The minimum Gasteiger partial charge on any atom is -0.493 e. The molecule has 2 aromatic rings. The average Bonchev–Trinajstić information content (AvgIpc) is 3.10. The first-order chi connectivity index (χ1) is 9.88. The third kappa shape index (κ3) is 2.15. The van der Waals surface area contributed by atoms with Gasteiger partial charge in [-0.3, -0.25) is 0 Å². The molecule has 0 saturated carbocycles. The van der Waals surface area contributed by atoms with Crippen molar-refractivity contribution in [3.63, 3.8) is 0 Å². The first-order valence-electron chi connectivity index (χ1n) is 7.47. The van der Waals surface area contributed by atoms with Crippen LogP contribution in [-0.4, -0.2) is 12.6 Å². The van der Waals surface area contributed by atoms with Crippen molar-refractivity contribution in [2.24, 2.45) is 0 Å². The molecule has 2 aliphatic heterocycles. The van der Waals surface area contributed by atoms with Gasteiger partial charge in [-0.2, -0.15) is 0 Å². The van der Waals surface area contributed by atoms with Gasteiger partial charge in [0.05, 0.1) is 6.61 Å². The van der Waals surface area contributed by atoms with Gasteiger partial charge < -0.3 is 10.1 Å². The Labute approximate surface area is 119 Å². The molecule has 0 saturated heterocycles. The van der Waals surface area contributed by atoms with Gasteiger partial charge in [0.2, 0.25) is 0 Å². The van der Waals surface area contributed by atoms with Crippen LogP contribution in [0.25, 0.3) is 0 Å². The zero-order chi connectivity index (χ0) is 13.4. The Hall–Kier alpha value is -1.96. The van der Waals surface area contributed by atoms with Crippen LogP contribution in [0.15, 0.2) is 42.5 Å². The Balaban J connectivity index is 1.40. The van der Waals surface area contributed by atoms with Gasteiger partial charge in [-0.05, 0) is 48.1 Å². The molecule has 0 aromatic heterocycles. The lowest BCUT2D eigenvalue weighted by molar-refractivity contribution is 0.357. The summed E-state index contributed by atoms with van der Waals surface area (Å²) in [6.45, 7) is 0.846. The molecule has 0 aliphatic carbocycles. The number of fused-ring (bicyclic) bond motifs is 2. The fourth-order valence-corrected chi connectivity index (χ4v) is 3.29. The lowest BCUT2D eigenvalue weighted by atomic mass is 10.0. The second-order valence-corrected chi connectivity index (χ2v) is 5.78. The van der Waals surface area contributed by atoms with Gasteiger partial charge in [-0.15, -0.1) is 0 Å². The maximum Gasteiger partial charge on any atom is 0.122 e. The van der Waals surface area contributed by atoms with E-state index in [-0.39, 0.29) is 0 Å². The van der Waals surface area contributed by atoms with E-state index >= 15 is 0 Å². The molecule has 102 valence electrons. The Morgan fingerprint density at radius 3 is 3.00 bits per heavy atom. The van der Waals surface area contributed by atoms with Gasteiger partial charge in [0.15, 0.2) is 0 Å². The first kappa shape index (κ1) is 11.8. The summed E-state index contributed by atoms with van der Waals surface area (Å²) in [6, 6.07) is 15.9. The van der Waals surface area contributed by atoms with E-state index in [1.165, 1.54) is 28.8 Å². The summed E-state index contributed by atoms with van der Waals surface area (Å²) in [5.74, 6) is 1.08. The quantitative estimate of drug-likeness (QED) is 0.915. The van der Waals surface area contributed by atoms with Crippen molar-refractivity contribution >= 4 is 5.69 Å². The normalized spacial score (nSPS) is 19.1. The molecule has 0 fully saturated rings. The standard InChI is InChI=1S/C18H19NO/c1-2-4-17-14(3-1)12-16(19-17)7-5-13-6-8-18-15(11-13)9-10-20-18/h1-4,6,8,11,16,19H,5,7,9-10,12H2. The molecule has 2 heteroatoms. The monoisotopic (exact) mass is 265 g/mol. The average molecular weight is 265 g/mol. The van der Waals surface area contributed by atoms with Crippen molar-refractivity contribution in [2.75, 3.05) is 11.9 Å². The summed E-state index contributed by atoms with van der Waals surface area (Å²) in [5, 5.41) is 3.63. The van der Waals surface area contributed by atoms with E-state index in [1.54, 1.807) is 0 Å². The Morgan fingerprint density at radius 1 is 1.10 bits per heavy atom. The third-order valence-corrected chi connectivity index (χ3v) is 4.38. The fourth-order valence-electron chi connectivity index (χ4n) is 3.29. The number of ether oxygens (including phenoxy) is 1. The Kier molecular flexibility index (Phi) is 2.87. The maximum atomic E-state index is 5.56. The van der Waals surface area contributed by atoms with Crippen LogP contribution in [0.3, 0.4) is 0 Å². The van der Waals surface area contributed by atoms with Crippen LogP contribution in [-0.2, 0) is 19.3 Å². The van der Waals surface area contributed by atoms with Gasteiger partial charge in [-0.25, -0.2) is 0 Å². The van der Waals surface area contributed by atoms with E-state index in [1.807, 2.05) is 0 Å². The molecule has 0 amide bonds. The van der Waals surface area contributed by atoms with E-state index in [9.17, 15) is 0 Å². The highest BCUT2D eigenvalue weighted by atomic mass is 16.5. The topological polar surface area (TPSA) is 21.3 Å². The molecule has 20 heavy (non-hydrogen) atoms. The summed E-state index contributed by atoms with van der Waals surface area (Å²) < 4.78 is 5.56. The predicted molar refractivity (Wildman–Crippen MR) is 81.5 cm³/mol. The van der Waals surface area contributed by atoms with E-state index in [4.69, 9.17) is 4.74 Å². The van der Waals surface area contributed by atoms with Crippen molar-refractivity contribution in [1.82, 2.24) is 0 Å². The Morgan fingerprint density at radius 2 is 2.05 bits per heavy atom. The van der Waals surface area contributed by atoms with Gasteiger partial charge in [0.1, 0.15) is 5.75 Å². The smallest absolute Gasteiger partial charge is 0.122 e. The first-order valence-corrected chi connectivity index (χ1v) is 7.47. The highest BCUT2D eigenvalue weighted by molar-refractivity contribution is 5.56. The molecule has 4 rings (SSSR count). The molecule has 0 spiro atoms. The molecule has 0 radical (unpaired) electrons. The van der Waals surface area contributed by atoms with Gasteiger partial charge >= 0.3 is 0 Å². The third-order valence-electron chi connectivity index (χ3n) is 4.38. The van der Waals surface area contributed by atoms with Crippen molar-refractivity contribution in [2.45, 2.75) is 31.7 Å². The second-order valence-electron chi connectivity index (χ2n) is 5.78. The second kappa shape index (κ2) is 4.86. The van der Waals surface area contributed by atoms with E-state index < -0.39 is 0 Å². The highest BCUT2D eigenvalue weighted by Crippen LogP contribution is 2.29. The summed E-state index contributed by atoms with van der Waals surface area (Å²) >= 11 is 0. The molecule has 1 unspecified atom stereocenters. The minimum absolute atomic E-state index is 0.580. The number of para-hydroxylation sites is 1. The van der Waals surface area contributed by atoms with Gasteiger partial charge in [0, 0.05) is 18.2 Å². The molecular weight excluding hydrogens is 246 g/mol. The van der Waals surface area contributed by atoms with E-state index in [0.29, 0.717) is 6.04 Å². The van der Waals surface area contributed by atoms with Gasteiger partial charge in [-0.1, -0.05) is 30.3 Å². The van der Waals surface area contributed by atoms with Crippen LogP contribution in [0, 0.1) is 0 Å². The van der Waals surface area contributed by atoms with Crippen LogP contribution in [0.4, 0.5) is 5.69 Å². The predicted octanol–water partition coefficient (Wildman–Crippen LogP) is 3.59. The molecule has 0 bridgehead atoms. The molecule has 1 N–H and O–H groups in total. The molecule has 1 atom stereocenters. The number of aryl methyl sites for hydroxylation is 1. The summed E-state index contributed by atoms with van der Waals surface area (Å²) in [7, 11) is 0. The van der Waals surface area contributed by atoms with Crippen molar-refractivity contribution < 1.29 is 4.74 Å². The van der Waals surface area contributed by atoms with Gasteiger partial charge in [0.25, 0.3) is 0 Å². The largest absolute Gasteiger partial charge is 0.493 e. The zero-order valence-electron chi connectivity index (χ0n) is 11.6. The van der Waals surface area contributed by atoms with Crippen LogP contribution in [0.2, 0.25) is 0 Å². The Bertz CT molecular complexity index is 610. The summed E-state index contributed by atoms with van der Waals surface area (Å²) in [5.41, 5.74) is 5.59.